The van der Waals surface area contributed by atoms with Crippen LogP contribution in [0.15, 0.2) is 28.7 Å². The number of halogens is 1. The average molecular weight is 310 g/mol. The molecule has 0 amide bonds. The fourth-order valence-electron chi connectivity index (χ4n) is 2.62. The predicted octanol–water partition coefficient (Wildman–Crippen LogP) is 4.94. The number of nitrogens with one attached hydrogen (secondary N) is 1. The van der Waals surface area contributed by atoms with E-state index < -0.39 is 0 Å². The quantitative estimate of drug-likeness (QED) is 0.750. The summed E-state index contributed by atoms with van der Waals surface area (Å²) in [5.74, 6) is 0.895. The van der Waals surface area contributed by atoms with E-state index in [2.05, 4.69) is 25.2 Å². The average Bonchev–Trinajstić information content (AvgIpc) is 2.91. The van der Waals surface area contributed by atoms with Gasteiger partial charge in [0.15, 0.2) is 5.58 Å². The van der Waals surface area contributed by atoms with Crippen LogP contribution < -0.4 is 5.32 Å². The lowest BCUT2D eigenvalue weighted by Gasteiger charge is -2.25. The van der Waals surface area contributed by atoms with Crippen molar-refractivity contribution in [2.75, 3.05) is 13.7 Å². The molecular formula is C17H24ClNO2. The van der Waals surface area contributed by atoms with E-state index in [4.69, 9.17) is 20.8 Å². The molecule has 4 heteroatoms. The van der Waals surface area contributed by atoms with Gasteiger partial charge in [0.25, 0.3) is 0 Å². The molecule has 1 N–H and O–H groups in total. The molecule has 0 fully saturated rings. The zero-order valence-corrected chi connectivity index (χ0v) is 13.7. The third-order valence-electron chi connectivity index (χ3n) is 3.68. The first kappa shape index (κ1) is 16.3. The molecule has 0 aliphatic carbocycles. The van der Waals surface area contributed by atoms with Gasteiger partial charge in [0.05, 0.1) is 17.2 Å². The lowest BCUT2D eigenvalue weighted by molar-refractivity contribution is 0.0542. The molecule has 0 spiro atoms. The predicted molar refractivity (Wildman–Crippen MR) is 88.0 cm³/mol. The molecule has 2 aromatic rings. The molecule has 2 unspecified atom stereocenters. The molecule has 3 nitrogen and oxygen atoms in total. The molecule has 116 valence electrons. The lowest BCUT2D eigenvalue weighted by Crippen LogP contribution is -2.33. The van der Waals surface area contributed by atoms with Crippen LogP contribution >= 0.6 is 11.6 Å². The number of benzene rings is 1. The second-order valence-electron chi connectivity index (χ2n) is 5.30. The van der Waals surface area contributed by atoms with Crippen molar-refractivity contribution in [1.82, 2.24) is 5.32 Å². The summed E-state index contributed by atoms with van der Waals surface area (Å²) in [5.41, 5.74) is 0.754. The lowest BCUT2D eigenvalue weighted by atomic mass is 10.0. The second-order valence-corrected chi connectivity index (χ2v) is 5.71. The van der Waals surface area contributed by atoms with Crippen molar-refractivity contribution in [2.24, 2.45) is 0 Å². The first-order valence-electron chi connectivity index (χ1n) is 7.65. The van der Waals surface area contributed by atoms with Gasteiger partial charge in [-0.05, 0) is 31.5 Å². The van der Waals surface area contributed by atoms with E-state index in [0.717, 1.165) is 42.5 Å². The van der Waals surface area contributed by atoms with E-state index in [1.165, 1.54) is 0 Å². The first-order chi connectivity index (χ1) is 10.2. The number of methoxy groups -OCH3 is 1. The van der Waals surface area contributed by atoms with Crippen LogP contribution in [0.5, 0.6) is 0 Å². The summed E-state index contributed by atoms with van der Waals surface area (Å²) in [6.45, 7) is 5.25. The maximum atomic E-state index is 6.21. The Morgan fingerprint density at radius 3 is 2.71 bits per heavy atom. The van der Waals surface area contributed by atoms with Crippen LogP contribution in [0.2, 0.25) is 5.02 Å². The van der Waals surface area contributed by atoms with Gasteiger partial charge in [-0.3, -0.25) is 0 Å². The van der Waals surface area contributed by atoms with E-state index in [9.17, 15) is 0 Å². The van der Waals surface area contributed by atoms with Crippen LogP contribution in [0, 0.1) is 0 Å². The highest BCUT2D eigenvalue weighted by atomic mass is 35.5. The maximum absolute atomic E-state index is 6.21. The molecule has 0 bridgehead atoms. The Labute approximate surface area is 131 Å². The number of hydrogen-bond acceptors (Lipinski definition) is 3. The molecule has 1 aromatic heterocycles. The maximum Gasteiger partial charge on any atom is 0.152 e. The van der Waals surface area contributed by atoms with Gasteiger partial charge in [0, 0.05) is 12.5 Å². The van der Waals surface area contributed by atoms with Crippen molar-refractivity contribution in [3.63, 3.8) is 0 Å². The van der Waals surface area contributed by atoms with Crippen LogP contribution in [0.4, 0.5) is 0 Å². The zero-order valence-electron chi connectivity index (χ0n) is 13.0. The van der Waals surface area contributed by atoms with Gasteiger partial charge >= 0.3 is 0 Å². The SMILES string of the molecule is CCCNC(c1cc2cccc(Cl)c2o1)C(CCC)OC. The molecule has 1 heterocycles. The zero-order chi connectivity index (χ0) is 15.2. The number of para-hydroxylation sites is 1. The Morgan fingerprint density at radius 2 is 2.10 bits per heavy atom. The first-order valence-corrected chi connectivity index (χ1v) is 8.03. The number of hydrogen-bond donors (Lipinski definition) is 1. The molecular weight excluding hydrogens is 286 g/mol. The van der Waals surface area contributed by atoms with Crippen molar-refractivity contribution in [1.29, 1.82) is 0 Å². The van der Waals surface area contributed by atoms with Crippen molar-refractivity contribution in [2.45, 2.75) is 45.3 Å². The molecule has 0 aliphatic heterocycles. The van der Waals surface area contributed by atoms with E-state index in [1.54, 1.807) is 7.11 Å². The monoisotopic (exact) mass is 309 g/mol. The molecule has 0 saturated carbocycles. The summed E-state index contributed by atoms with van der Waals surface area (Å²) in [7, 11) is 1.76. The Balaban J connectivity index is 2.34. The second kappa shape index (κ2) is 7.83. The molecule has 0 saturated heterocycles. The van der Waals surface area contributed by atoms with Gasteiger partial charge in [-0.25, -0.2) is 0 Å². The van der Waals surface area contributed by atoms with Gasteiger partial charge < -0.3 is 14.5 Å². The fraction of sp³-hybridized carbons (Fsp3) is 0.529. The van der Waals surface area contributed by atoms with Gasteiger partial charge in [-0.15, -0.1) is 0 Å². The van der Waals surface area contributed by atoms with E-state index >= 15 is 0 Å². The van der Waals surface area contributed by atoms with Crippen LogP contribution in [0.3, 0.4) is 0 Å². The fourth-order valence-corrected chi connectivity index (χ4v) is 2.84. The minimum atomic E-state index is 0.0540. The van der Waals surface area contributed by atoms with Crippen LogP contribution in [0.1, 0.15) is 44.9 Å². The summed E-state index contributed by atoms with van der Waals surface area (Å²) < 4.78 is 11.7. The molecule has 21 heavy (non-hydrogen) atoms. The van der Waals surface area contributed by atoms with Crippen molar-refractivity contribution < 1.29 is 9.15 Å². The molecule has 0 aliphatic rings. The van der Waals surface area contributed by atoms with Gasteiger partial charge in [-0.1, -0.05) is 44.0 Å². The number of rotatable bonds is 8. The number of fused-ring (bicyclic) bond motifs is 1. The largest absolute Gasteiger partial charge is 0.458 e. The van der Waals surface area contributed by atoms with E-state index in [1.807, 2.05) is 18.2 Å². The normalized spacial score (nSPS) is 14.5. The summed E-state index contributed by atoms with van der Waals surface area (Å²) in [4.78, 5) is 0. The number of ether oxygens (including phenoxy) is 1. The Hall–Kier alpha value is -1.03. The summed E-state index contributed by atoms with van der Waals surface area (Å²) in [5, 5.41) is 5.22. The molecule has 1 aromatic carbocycles. The van der Waals surface area contributed by atoms with Crippen molar-refractivity contribution >= 4 is 22.6 Å². The number of furan rings is 1. The van der Waals surface area contributed by atoms with E-state index in [-0.39, 0.29) is 12.1 Å². The van der Waals surface area contributed by atoms with E-state index in [0.29, 0.717) is 5.02 Å². The van der Waals surface area contributed by atoms with Crippen LogP contribution in [-0.4, -0.2) is 19.8 Å². The third kappa shape index (κ3) is 3.79. The van der Waals surface area contributed by atoms with Crippen molar-refractivity contribution in [3.8, 4) is 0 Å². The topological polar surface area (TPSA) is 34.4 Å². The molecule has 0 radical (unpaired) electrons. The molecule has 2 atom stereocenters. The Morgan fingerprint density at radius 1 is 1.29 bits per heavy atom. The van der Waals surface area contributed by atoms with Gasteiger partial charge in [0.1, 0.15) is 5.76 Å². The summed E-state index contributed by atoms with van der Waals surface area (Å²) in [6, 6.07) is 7.94. The molecule has 2 rings (SSSR count). The minimum absolute atomic E-state index is 0.0540. The van der Waals surface area contributed by atoms with Crippen molar-refractivity contribution in [3.05, 3.63) is 35.0 Å². The van der Waals surface area contributed by atoms with Gasteiger partial charge in [-0.2, -0.15) is 0 Å². The standard InChI is InChI=1S/C17H24ClNO2/c1-4-7-14(20-3)16(19-10-5-2)15-11-12-8-6-9-13(18)17(12)21-15/h6,8-9,11,14,16,19H,4-5,7,10H2,1-3H3. The highest BCUT2D eigenvalue weighted by molar-refractivity contribution is 6.34. The summed E-state index contributed by atoms with van der Waals surface area (Å²) >= 11 is 6.21. The Bertz CT molecular complexity index is 567. The van der Waals surface area contributed by atoms with Crippen LogP contribution in [-0.2, 0) is 4.74 Å². The smallest absolute Gasteiger partial charge is 0.152 e. The van der Waals surface area contributed by atoms with Crippen LogP contribution in [0.25, 0.3) is 11.0 Å². The minimum Gasteiger partial charge on any atom is -0.458 e. The Kier molecular flexibility index (Phi) is 6.09. The highest BCUT2D eigenvalue weighted by Crippen LogP contribution is 2.32. The third-order valence-corrected chi connectivity index (χ3v) is 3.98. The van der Waals surface area contributed by atoms with Gasteiger partial charge in [0.2, 0.25) is 0 Å². The highest BCUT2D eigenvalue weighted by Gasteiger charge is 2.25. The summed E-state index contributed by atoms with van der Waals surface area (Å²) in [6.07, 6.45) is 3.23.